The highest BCUT2D eigenvalue weighted by Crippen LogP contribution is 2.13. The van der Waals surface area contributed by atoms with E-state index in [0.29, 0.717) is 0 Å². The van der Waals surface area contributed by atoms with E-state index < -0.39 is 23.2 Å². The topological polar surface area (TPSA) is 135 Å². The first-order valence-corrected chi connectivity index (χ1v) is 5.95. The zero-order valence-corrected chi connectivity index (χ0v) is 12.5. The first-order valence-electron chi connectivity index (χ1n) is 5.95. The Labute approximate surface area is 124 Å². The Morgan fingerprint density at radius 3 is 2.23 bits per heavy atom. The minimum absolute atomic E-state index is 0.201. The van der Waals surface area contributed by atoms with E-state index in [1.165, 1.54) is 14.1 Å². The number of hydrogen-bond acceptors (Lipinski definition) is 8. The van der Waals surface area contributed by atoms with Gasteiger partial charge in [-0.25, -0.2) is 14.4 Å². The van der Waals surface area contributed by atoms with E-state index in [4.69, 9.17) is 5.73 Å². The van der Waals surface area contributed by atoms with Crippen molar-refractivity contribution in [2.45, 2.75) is 0 Å². The van der Waals surface area contributed by atoms with E-state index in [2.05, 4.69) is 14.8 Å². The van der Waals surface area contributed by atoms with Gasteiger partial charge in [0.25, 0.3) is 5.56 Å². The molecule has 3 N–H and O–H groups in total. The Bertz CT molecular complexity index is 758. The van der Waals surface area contributed by atoms with Gasteiger partial charge in [-0.3, -0.25) is 13.9 Å². The second-order valence-corrected chi connectivity index (χ2v) is 4.16. The van der Waals surface area contributed by atoms with Crippen LogP contribution in [0.15, 0.2) is 21.4 Å². The summed E-state index contributed by atoms with van der Waals surface area (Å²) in [6.45, 7) is 0. The summed E-state index contributed by atoms with van der Waals surface area (Å²) >= 11 is 0. The third-order valence-electron chi connectivity index (χ3n) is 2.84. The van der Waals surface area contributed by atoms with E-state index in [-0.39, 0.29) is 17.2 Å². The Morgan fingerprint density at radius 1 is 1.14 bits per heavy atom. The molecule has 0 saturated carbocycles. The molecule has 10 heteroatoms. The summed E-state index contributed by atoms with van der Waals surface area (Å²) in [7, 11) is 4.81. The Morgan fingerprint density at radius 2 is 1.73 bits per heavy atom. The lowest BCUT2D eigenvalue weighted by Gasteiger charge is -2.14. The normalized spacial score (nSPS) is 11.0. The summed E-state index contributed by atoms with van der Waals surface area (Å²) in [6.07, 6.45) is 0.801. The van der Waals surface area contributed by atoms with Crippen LogP contribution in [0.4, 0.5) is 11.5 Å². The standard InChI is InChI=1S/C12H16N4O6/c1-15-9(13)8(10(18)16(2)12(15)20)14-6(11(19)22-4)5-7(17)21-3/h5,14H,13H2,1-4H3/b6-5-. The number of nitrogens with zero attached hydrogens (tertiary/aromatic N) is 2. The highest BCUT2D eigenvalue weighted by Gasteiger charge is 2.19. The second kappa shape index (κ2) is 6.61. The largest absolute Gasteiger partial charge is 0.466 e. The number of ether oxygens (including phenoxy) is 2. The van der Waals surface area contributed by atoms with Gasteiger partial charge in [-0.15, -0.1) is 0 Å². The van der Waals surface area contributed by atoms with Crippen molar-refractivity contribution in [1.29, 1.82) is 0 Å². The van der Waals surface area contributed by atoms with Crippen LogP contribution >= 0.6 is 0 Å². The van der Waals surface area contributed by atoms with Crippen molar-refractivity contribution in [3.05, 3.63) is 32.6 Å². The molecule has 0 aliphatic heterocycles. The molecule has 0 amide bonds. The van der Waals surface area contributed by atoms with Gasteiger partial charge in [0.15, 0.2) is 0 Å². The molecule has 1 aromatic heterocycles. The molecule has 0 atom stereocenters. The number of aromatic nitrogens is 2. The Balaban J connectivity index is 3.46. The van der Waals surface area contributed by atoms with Gasteiger partial charge >= 0.3 is 17.6 Å². The van der Waals surface area contributed by atoms with Gasteiger partial charge in [0.2, 0.25) is 0 Å². The molecule has 10 nitrogen and oxygen atoms in total. The highest BCUT2D eigenvalue weighted by molar-refractivity contribution is 5.99. The van der Waals surface area contributed by atoms with Crippen LogP contribution in [0.5, 0.6) is 0 Å². The third-order valence-corrected chi connectivity index (χ3v) is 2.84. The predicted molar refractivity (Wildman–Crippen MR) is 77.1 cm³/mol. The van der Waals surface area contributed by atoms with Crippen molar-refractivity contribution in [3.63, 3.8) is 0 Å². The number of nitrogens with one attached hydrogen (secondary N) is 1. The molecule has 1 rings (SSSR count). The first kappa shape index (κ1) is 17.0. The minimum atomic E-state index is -0.916. The van der Waals surface area contributed by atoms with Crippen LogP contribution in [0, 0.1) is 0 Å². The number of nitrogens with two attached hydrogens (primary N) is 1. The maximum atomic E-state index is 12.1. The van der Waals surface area contributed by atoms with Crippen molar-refractivity contribution in [1.82, 2.24) is 9.13 Å². The lowest BCUT2D eigenvalue weighted by molar-refractivity contribution is -0.138. The van der Waals surface area contributed by atoms with Gasteiger partial charge in [-0.2, -0.15) is 0 Å². The monoisotopic (exact) mass is 312 g/mol. The predicted octanol–water partition coefficient (Wildman–Crippen LogP) is -1.69. The fourth-order valence-electron chi connectivity index (χ4n) is 1.54. The zero-order chi connectivity index (χ0) is 17.0. The van der Waals surface area contributed by atoms with Crippen LogP contribution in [-0.2, 0) is 33.2 Å². The molecule has 0 bridgehead atoms. The lowest BCUT2D eigenvalue weighted by Crippen LogP contribution is -2.40. The van der Waals surface area contributed by atoms with Crippen LogP contribution in [0.1, 0.15) is 0 Å². The zero-order valence-electron chi connectivity index (χ0n) is 12.5. The van der Waals surface area contributed by atoms with Gasteiger partial charge in [-0.05, 0) is 0 Å². The van der Waals surface area contributed by atoms with Gasteiger partial charge in [0, 0.05) is 14.1 Å². The quantitative estimate of drug-likeness (QED) is 0.496. The SMILES string of the molecule is COC(=O)/C=C(\Nc1c(N)n(C)c(=O)n(C)c1=O)C(=O)OC. The summed E-state index contributed by atoms with van der Waals surface area (Å²) < 4.78 is 10.7. The molecule has 1 aromatic rings. The van der Waals surface area contributed by atoms with Crippen molar-refractivity contribution in [2.24, 2.45) is 14.1 Å². The number of esters is 2. The van der Waals surface area contributed by atoms with Crippen LogP contribution < -0.4 is 22.3 Å². The van der Waals surface area contributed by atoms with E-state index in [1.807, 2.05) is 0 Å². The smallest absolute Gasteiger partial charge is 0.354 e. The molecule has 0 unspecified atom stereocenters. The number of hydrogen-bond donors (Lipinski definition) is 2. The Hall–Kier alpha value is -3.04. The van der Waals surface area contributed by atoms with Gasteiger partial charge in [0.1, 0.15) is 17.2 Å². The summed E-state index contributed by atoms with van der Waals surface area (Å²) in [4.78, 5) is 46.7. The fourth-order valence-corrected chi connectivity index (χ4v) is 1.54. The van der Waals surface area contributed by atoms with Crippen molar-refractivity contribution < 1.29 is 19.1 Å². The van der Waals surface area contributed by atoms with Crippen molar-refractivity contribution >= 4 is 23.4 Å². The van der Waals surface area contributed by atoms with Crippen molar-refractivity contribution in [2.75, 3.05) is 25.3 Å². The van der Waals surface area contributed by atoms with Crippen molar-refractivity contribution in [3.8, 4) is 0 Å². The maximum Gasteiger partial charge on any atom is 0.354 e. The highest BCUT2D eigenvalue weighted by atomic mass is 16.5. The minimum Gasteiger partial charge on any atom is -0.466 e. The second-order valence-electron chi connectivity index (χ2n) is 4.16. The number of carbonyl (C=O) groups is 2. The molecule has 0 saturated heterocycles. The molecular weight excluding hydrogens is 296 g/mol. The van der Waals surface area contributed by atoms with Crippen LogP contribution in [0.25, 0.3) is 0 Å². The Kier molecular flexibility index (Phi) is 5.11. The molecule has 120 valence electrons. The van der Waals surface area contributed by atoms with Gasteiger partial charge in [-0.1, -0.05) is 0 Å². The maximum absolute atomic E-state index is 12.1. The summed E-state index contributed by atoms with van der Waals surface area (Å²) in [6, 6.07) is 0. The molecular formula is C12H16N4O6. The molecule has 0 aromatic carbocycles. The average molecular weight is 312 g/mol. The van der Waals surface area contributed by atoms with Crippen LogP contribution in [0.2, 0.25) is 0 Å². The van der Waals surface area contributed by atoms with E-state index >= 15 is 0 Å². The number of rotatable bonds is 4. The van der Waals surface area contributed by atoms with E-state index in [1.54, 1.807) is 0 Å². The summed E-state index contributed by atoms with van der Waals surface area (Å²) in [5.74, 6) is -1.96. The molecule has 0 fully saturated rings. The van der Waals surface area contributed by atoms with Gasteiger partial charge in [0.05, 0.1) is 20.3 Å². The number of carbonyl (C=O) groups excluding carboxylic acids is 2. The fraction of sp³-hybridized carbons (Fsp3) is 0.333. The third kappa shape index (κ3) is 3.16. The number of methoxy groups -OCH3 is 2. The van der Waals surface area contributed by atoms with Crippen LogP contribution in [-0.4, -0.2) is 35.3 Å². The van der Waals surface area contributed by atoms with E-state index in [0.717, 1.165) is 29.4 Å². The number of nitrogen functional groups attached to an aromatic ring is 1. The molecule has 0 spiro atoms. The van der Waals surface area contributed by atoms with Gasteiger partial charge < -0.3 is 20.5 Å². The summed E-state index contributed by atoms with van der Waals surface area (Å²) in [5, 5.41) is 2.41. The molecule has 1 heterocycles. The van der Waals surface area contributed by atoms with Crippen LogP contribution in [0.3, 0.4) is 0 Å². The molecule has 0 aliphatic carbocycles. The summed E-state index contributed by atoms with van der Waals surface area (Å²) in [5.41, 5.74) is 3.69. The molecule has 22 heavy (non-hydrogen) atoms. The molecule has 0 radical (unpaired) electrons. The average Bonchev–Trinajstić information content (AvgIpc) is 2.52. The first-order chi connectivity index (χ1) is 10.2. The van der Waals surface area contributed by atoms with E-state index in [9.17, 15) is 19.2 Å². The lowest BCUT2D eigenvalue weighted by atomic mass is 10.3. The number of anilines is 2. The molecule has 0 aliphatic rings.